The van der Waals surface area contributed by atoms with Crippen molar-refractivity contribution in [3.05, 3.63) is 64.9 Å². The summed E-state index contributed by atoms with van der Waals surface area (Å²) in [5.41, 5.74) is 2.31. The Bertz CT molecular complexity index is 516. The number of benzene rings is 1. The lowest BCUT2D eigenvalue weighted by Crippen LogP contribution is -2.28. The Morgan fingerprint density at radius 1 is 1.20 bits per heavy atom. The molecule has 0 saturated carbocycles. The number of pyridine rings is 1. The van der Waals surface area contributed by atoms with Gasteiger partial charge in [-0.15, -0.1) is 0 Å². The fourth-order valence-corrected chi connectivity index (χ4v) is 2.23. The van der Waals surface area contributed by atoms with Gasteiger partial charge < -0.3 is 10.2 Å². The van der Waals surface area contributed by atoms with E-state index in [0.717, 1.165) is 36.9 Å². The van der Waals surface area contributed by atoms with Crippen molar-refractivity contribution in [2.24, 2.45) is 0 Å². The molecule has 0 radical (unpaired) electrons. The molecule has 0 spiro atoms. The van der Waals surface area contributed by atoms with Crippen LogP contribution in [0.2, 0.25) is 5.02 Å². The van der Waals surface area contributed by atoms with E-state index in [4.69, 9.17) is 11.6 Å². The summed E-state index contributed by atoms with van der Waals surface area (Å²) in [6, 6.07) is 14.0. The number of likely N-dealkylation sites (N-methyl/N-ethyl adjacent to an activating group) is 1. The molecule has 1 N–H and O–H groups in total. The topological polar surface area (TPSA) is 28.2 Å². The van der Waals surface area contributed by atoms with E-state index < -0.39 is 0 Å². The fourth-order valence-electron chi connectivity index (χ4n) is 2.02. The van der Waals surface area contributed by atoms with Gasteiger partial charge >= 0.3 is 0 Å². The molecule has 4 heteroatoms. The predicted octanol–water partition coefficient (Wildman–Crippen LogP) is 2.96. The fraction of sp³-hybridized carbons (Fsp3) is 0.312. The maximum atomic E-state index is 5.99. The summed E-state index contributed by atoms with van der Waals surface area (Å²) in [5.74, 6) is 0. The van der Waals surface area contributed by atoms with Crippen molar-refractivity contribution < 1.29 is 0 Å². The van der Waals surface area contributed by atoms with Crippen molar-refractivity contribution in [3.8, 4) is 0 Å². The van der Waals surface area contributed by atoms with E-state index in [-0.39, 0.29) is 0 Å². The summed E-state index contributed by atoms with van der Waals surface area (Å²) in [6.45, 7) is 3.64. The monoisotopic (exact) mass is 289 g/mol. The first kappa shape index (κ1) is 15.0. The molecule has 1 aromatic heterocycles. The molecule has 0 fully saturated rings. The number of nitrogens with one attached hydrogen (secondary N) is 1. The zero-order valence-corrected chi connectivity index (χ0v) is 12.5. The maximum absolute atomic E-state index is 5.99. The highest BCUT2D eigenvalue weighted by atomic mass is 35.5. The van der Waals surface area contributed by atoms with Gasteiger partial charge in [0.15, 0.2) is 0 Å². The van der Waals surface area contributed by atoms with Gasteiger partial charge in [-0.1, -0.05) is 29.8 Å². The lowest BCUT2D eigenvalue weighted by Gasteiger charge is -2.17. The number of aromatic nitrogens is 1. The zero-order chi connectivity index (χ0) is 14.2. The summed E-state index contributed by atoms with van der Waals surface area (Å²) < 4.78 is 0. The van der Waals surface area contributed by atoms with Gasteiger partial charge in [-0.25, -0.2) is 0 Å². The average molecular weight is 290 g/mol. The van der Waals surface area contributed by atoms with Crippen LogP contribution >= 0.6 is 11.6 Å². The molecule has 0 aliphatic carbocycles. The quantitative estimate of drug-likeness (QED) is 0.795. The number of hydrogen-bond acceptors (Lipinski definition) is 3. The van der Waals surface area contributed by atoms with Crippen LogP contribution in [0.3, 0.4) is 0 Å². The summed E-state index contributed by atoms with van der Waals surface area (Å²) >= 11 is 5.99. The van der Waals surface area contributed by atoms with Gasteiger partial charge in [0.2, 0.25) is 0 Å². The highest BCUT2D eigenvalue weighted by Gasteiger charge is 2.01. The molecular formula is C16H20ClN3. The van der Waals surface area contributed by atoms with Gasteiger partial charge in [0.25, 0.3) is 0 Å². The van der Waals surface area contributed by atoms with Crippen molar-refractivity contribution in [2.75, 3.05) is 20.1 Å². The standard InChI is InChI=1S/C16H20ClN3/c1-20(13-14-5-4-6-15(17)11-14)10-9-18-12-16-7-2-3-8-19-16/h2-8,11,18H,9-10,12-13H2,1H3. The van der Waals surface area contributed by atoms with Crippen molar-refractivity contribution in [1.82, 2.24) is 15.2 Å². The van der Waals surface area contributed by atoms with Crippen LogP contribution < -0.4 is 5.32 Å². The van der Waals surface area contributed by atoms with Gasteiger partial charge in [0.1, 0.15) is 0 Å². The smallest absolute Gasteiger partial charge is 0.0541 e. The van der Waals surface area contributed by atoms with Crippen LogP contribution in [-0.2, 0) is 13.1 Å². The largest absolute Gasteiger partial charge is 0.310 e. The Labute approximate surface area is 125 Å². The van der Waals surface area contributed by atoms with Crippen LogP contribution in [0.5, 0.6) is 0 Å². The first-order valence-electron chi connectivity index (χ1n) is 6.77. The normalized spacial score (nSPS) is 10.9. The lowest BCUT2D eigenvalue weighted by atomic mass is 10.2. The van der Waals surface area contributed by atoms with Crippen LogP contribution in [0.25, 0.3) is 0 Å². The molecule has 0 aliphatic rings. The van der Waals surface area contributed by atoms with Gasteiger partial charge in [0.05, 0.1) is 5.69 Å². The molecule has 0 unspecified atom stereocenters. The minimum Gasteiger partial charge on any atom is -0.310 e. The summed E-state index contributed by atoms with van der Waals surface area (Å²) in [6.07, 6.45) is 1.82. The summed E-state index contributed by atoms with van der Waals surface area (Å²) in [5, 5.41) is 4.20. The van der Waals surface area contributed by atoms with Crippen LogP contribution in [0.15, 0.2) is 48.7 Å². The second kappa shape index (κ2) is 8.00. The highest BCUT2D eigenvalue weighted by molar-refractivity contribution is 6.30. The lowest BCUT2D eigenvalue weighted by molar-refractivity contribution is 0.324. The highest BCUT2D eigenvalue weighted by Crippen LogP contribution is 2.11. The first-order chi connectivity index (χ1) is 9.74. The van der Waals surface area contributed by atoms with E-state index in [1.165, 1.54) is 5.56 Å². The Kier molecular flexibility index (Phi) is 5.99. The van der Waals surface area contributed by atoms with Gasteiger partial charge in [0, 0.05) is 37.4 Å². The van der Waals surface area contributed by atoms with E-state index in [0.29, 0.717) is 0 Å². The molecule has 20 heavy (non-hydrogen) atoms. The second-order valence-corrected chi connectivity index (χ2v) is 5.30. The van der Waals surface area contributed by atoms with Crippen molar-refractivity contribution in [1.29, 1.82) is 0 Å². The molecule has 2 rings (SSSR count). The molecule has 106 valence electrons. The Balaban J connectivity index is 1.66. The number of halogens is 1. The van der Waals surface area contributed by atoms with Crippen molar-refractivity contribution in [2.45, 2.75) is 13.1 Å². The number of rotatable bonds is 7. The third-order valence-electron chi connectivity index (χ3n) is 3.04. The van der Waals surface area contributed by atoms with Crippen molar-refractivity contribution in [3.63, 3.8) is 0 Å². The molecule has 1 heterocycles. The number of nitrogens with zero attached hydrogens (tertiary/aromatic N) is 2. The number of hydrogen-bond donors (Lipinski definition) is 1. The molecule has 3 nitrogen and oxygen atoms in total. The third-order valence-corrected chi connectivity index (χ3v) is 3.28. The first-order valence-corrected chi connectivity index (χ1v) is 7.15. The predicted molar refractivity (Wildman–Crippen MR) is 83.7 cm³/mol. The Morgan fingerprint density at radius 3 is 2.85 bits per heavy atom. The molecule has 0 bridgehead atoms. The average Bonchev–Trinajstić information content (AvgIpc) is 2.45. The molecule has 0 aliphatic heterocycles. The summed E-state index contributed by atoms with van der Waals surface area (Å²) in [7, 11) is 2.11. The van der Waals surface area contributed by atoms with E-state index in [2.05, 4.69) is 28.3 Å². The van der Waals surface area contributed by atoms with Crippen molar-refractivity contribution >= 4 is 11.6 Å². The van der Waals surface area contributed by atoms with Gasteiger partial charge in [-0.05, 0) is 36.9 Å². The van der Waals surface area contributed by atoms with Gasteiger partial charge in [-0.2, -0.15) is 0 Å². The van der Waals surface area contributed by atoms with E-state index in [9.17, 15) is 0 Å². The van der Waals surface area contributed by atoms with Gasteiger partial charge in [-0.3, -0.25) is 4.98 Å². The third kappa shape index (κ3) is 5.29. The molecule has 1 aromatic carbocycles. The van der Waals surface area contributed by atoms with E-state index in [1.54, 1.807) is 0 Å². The van der Waals surface area contributed by atoms with E-state index in [1.807, 2.05) is 42.6 Å². The molecule has 2 aromatic rings. The Morgan fingerprint density at radius 2 is 2.10 bits per heavy atom. The summed E-state index contributed by atoms with van der Waals surface area (Å²) in [4.78, 5) is 6.56. The Hall–Kier alpha value is -1.42. The SMILES string of the molecule is CN(CCNCc1ccccn1)Cc1cccc(Cl)c1. The van der Waals surface area contributed by atoms with Crippen LogP contribution in [0.1, 0.15) is 11.3 Å². The molecular weight excluding hydrogens is 270 g/mol. The molecule has 0 amide bonds. The van der Waals surface area contributed by atoms with Crippen LogP contribution in [0, 0.1) is 0 Å². The van der Waals surface area contributed by atoms with Crippen LogP contribution in [0.4, 0.5) is 0 Å². The maximum Gasteiger partial charge on any atom is 0.0541 e. The zero-order valence-electron chi connectivity index (χ0n) is 11.7. The molecule has 0 saturated heterocycles. The molecule has 0 atom stereocenters. The second-order valence-electron chi connectivity index (χ2n) is 4.87. The van der Waals surface area contributed by atoms with Crippen LogP contribution in [-0.4, -0.2) is 30.0 Å². The van der Waals surface area contributed by atoms with E-state index >= 15 is 0 Å². The minimum atomic E-state index is 0.796. The minimum absolute atomic E-state index is 0.796.